The number of aromatic carboxylic acids is 1. The van der Waals surface area contributed by atoms with Crippen LogP contribution >= 0.6 is 0 Å². The lowest BCUT2D eigenvalue weighted by molar-refractivity contribution is 0.0689. The number of hydrogen-bond acceptors (Lipinski definition) is 4. The molecular formula is C13H19N3O2. The van der Waals surface area contributed by atoms with Crippen LogP contribution in [0, 0.1) is 5.92 Å². The van der Waals surface area contributed by atoms with Gasteiger partial charge in [0.2, 0.25) is 0 Å². The fourth-order valence-corrected chi connectivity index (χ4v) is 2.42. The highest BCUT2D eigenvalue weighted by Gasteiger charge is 2.12. The highest BCUT2D eigenvalue weighted by atomic mass is 16.4. The normalized spacial score (nSPS) is 16.4. The minimum Gasteiger partial charge on any atom is -0.476 e. The Morgan fingerprint density at radius 2 is 2.06 bits per heavy atom. The summed E-state index contributed by atoms with van der Waals surface area (Å²) in [6, 6.07) is 3.13. The number of rotatable bonds is 5. The van der Waals surface area contributed by atoms with Crippen LogP contribution in [0.5, 0.6) is 0 Å². The standard InChI is InChI=1S/C13H19N3O2/c17-13(18)11-6-7-12(16-15-11)14-9-8-10-4-2-1-3-5-10/h6-7,10H,1-5,8-9H2,(H,14,16)(H,17,18). The maximum Gasteiger partial charge on any atom is 0.356 e. The van der Waals surface area contributed by atoms with Crippen molar-refractivity contribution in [3.05, 3.63) is 17.8 Å². The minimum atomic E-state index is -1.05. The van der Waals surface area contributed by atoms with Gasteiger partial charge < -0.3 is 10.4 Å². The highest BCUT2D eigenvalue weighted by Crippen LogP contribution is 2.25. The third-order valence-corrected chi connectivity index (χ3v) is 3.47. The first-order valence-electron chi connectivity index (χ1n) is 6.56. The molecule has 1 saturated carbocycles. The Hall–Kier alpha value is -1.65. The van der Waals surface area contributed by atoms with Crippen LogP contribution in [0.2, 0.25) is 0 Å². The average Bonchev–Trinajstić information content (AvgIpc) is 2.40. The summed E-state index contributed by atoms with van der Waals surface area (Å²) in [5.41, 5.74) is -0.0205. The van der Waals surface area contributed by atoms with Crippen molar-refractivity contribution in [3.63, 3.8) is 0 Å². The van der Waals surface area contributed by atoms with Gasteiger partial charge in [0.1, 0.15) is 5.82 Å². The molecule has 1 aliphatic rings. The second-order valence-corrected chi connectivity index (χ2v) is 4.83. The van der Waals surface area contributed by atoms with Crippen LogP contribution in [-0.4, -0.2) is 27.8 Å². The van der Waals surface area contributed by atoms with E-state index in [1.165, 1.54) is 38.2 Å². The van der Waals surface area contributed by atoms with Gasteiger partial charge in [-0.2, -0.15) is 0 Å². The SMILES string of the molecule is O=C(O)c1ccc(NCCC2CCCCC2)nn1. The monoisotopic (exact) mass is 249 g/mol. The van der Waals surface area contributed by atoms with Crippen LogP contribution in [0.3, 0.4) is 0 Å². The molecule has 0 aromatic carbocycles. The van der Waals surface area contributed by atoms with Gasteiger partial charge in [-0.1, -0.05) is 32.1 Å². The smallest absolute Gasteiger partial charge is 0.356 e. The molecular weight excluding hydrogens is 230 g/mol. The average molecular weight is 249 g/mol. The minimum absolute atomic E-state index is 0.0205. The van der Waals surface area contributed by atoms with Crippen molar-refractivity contribution < 1.29 is 9.90 Å². The molecule has 0 saturated heterocycles. The van der Waals surface area contributed by atoms with Gasteiger partial charge in [-0.3, -0.25) is 0 Å². The Bertz CT molecular complexity index is 386. The molecule has 1 heterocycles. The van der Waals surface area contributed by atoms with Crippen molar-refractivity contribution >= 4 is 11.8 Å². The first kappa shape index (κ1) is 12.8. The van der Waals surface area contributed by atoms with Crippen molar-refractivity contribution in [2.45, 2.75) is 38.5 Å². The molecule has 2 N–H and O–H groups in total. The summed E-state index contributed by atoms with van der Waals surface area (Å²) in [6.07, 6.45) is 7.93. The van der Waals surface area contributed by atoms with Crippen LogP contribution in [0.25, 0.3) is 0 Å². The number of nitrogens with one attached hydrogen (secondary N) is 1. The van der Waals surface area contributed by atoms with Gasteiger partial charge in [0.05, 0.1) is 0 Å². The van der Waals surface area contributed by atoms with Crippen molar-refractivity contribution in [2.75, 3.05) is 11.9 Å². The van der Waals surface area contributed by atoms with E-state index in [0.29, 0.717) is 5.82 Å². The van der Waals surface area contributed by atoms with Crippen LogP contribution < -0.4 is 5.32 Å². The molecule has 1 aliphatic carbocycles. The second kappa shape index (κ2) is 6.33. The molecule has 1 aromatic heterocycles. The van der Waals surface area contributed by atoms with E-state index in [4.69, 9.17) is 5.11 Å². The lowest BCUT2D eigenvalue weighted by Gasteiger charge is -2.21. The maximum atomic E-state index is 10.6. The topological polar surface area (TPSA) is 75.1 Å². The third-order valence-electron chi connectivity index (χ3n) is 3.47. The van der Waals surface area contributed by atoms with Crippen molar-refractivity contribution in [1.29, 1.82) is 0 Å². The number of hydrogen-bond donors (Lipinski definition) is 2. The van der Waals surface area contributed by atoms with Crippen molar-refractivity contribution in [1.82, 2.24) is 10.2 Å². The molecule has 1 fully saturated rings. The van der Waals surface area contributed by atoms with Gasteiger partial charge >= 0.3 is 5.97 Å². The highest BCUT2D eigenvalue weighted by molar-refractivity contribution is 5.85. The Morgan fingerprint density at radius 3 is 2.67 bits per heavy atom. The Balaban J connectivity index is 1.74. The Labute approximate surface area is 107 Å². The lowest BCUT2D eigenvalue weighted by atomic mass is 9.87. The van der Waals surface area contributed by atoms with E-state index in [9.17, 15) is 4.79 Å². The number of carboxylic acid groups (broad SMARTS) is 1. The fraction of sp³-hybridized carbons (Fsp3) is 0.615. The molecule has 0 unspecified atom stereocenters. The summed E-state index contributed by atoms with van der Waals surface area (Å²) in [4.78, 5) is 10.6. The molecule has 18 heavy (non-hydrogen) atoms. The first-order chi connectivity index (χ1) is 8.75. The molecule has 0 aliphatic heterocycles. The zero-order chi connectivity index (χ0) is 12.8. The summed E-state index contributed by atoms with van der Waals surface area (Å²) >= 11 is 0. The number of carbonyl (C=O) groups is 1. The van der Waals surface area contributed by atoms with Gasteiger partial charge in [-0.25, -0.2) is 4.79 Å². The number of anilines is 1. The molecule has 0 atom stereocenters. The largest absolute Gasteiger partial charge is 0.476 e. The third kappa shape index (κ3) is 3.68. The van der Waals surface area contributed by atoms with E-state index >= 15 is 0 Å². The van der Waals surface area contributed by atoms with Gasteiger partial charge in [0.15, 0.2) is 5.69 Å². The van der Waals surface area contributed by atoms with E-state index in [1.807, 2.05) is 0 Å². The van der Waals surface area contributed by atoms with E-state index < -0.39 is 5.97 Å². The van der Waals surface area contributed by atoms with E-state index in [0.717, 1.165) is 18.9 Å². The van der Waals surface area contributed by atoms with Crippen molar-refractivity contribution in [3.8, 4) is 0 Å². The van der Waals surface area contributed by atoms with Gasteiger partial charge in [0, 0.05) is 6.54 Å². The lowest BCUT2D eigenvalue weighted by Crippen LogP contribution is -2.13. The van der Waals surface area contributed by atoms with E-state index in [-0.39, 0.29) is 5.69 Å². The Morgan fingerprint density at radius 1 is 1.28 bits per heavy atom. The van der Waals surface area contributed by atoms with E-state index in [2.05, 4.69) is 15.5 Å². The maximum absolute atomic E-state index is 10.6. The first-order valence-corrected chi connectivity index (χ1v) is 6.56. The second-order valence-electron chi connectivity index (χ2n) is 4.83. The summed E-state index contributed by atoms with van der Waals surface area (Å²) in [6.45, 7) is 0.881. The zero-order valence-electron chi connectivity index (χ0n) is 10.4. The summed E-state index contributed by atoms with van der Waals surface area (Å²) in [5, 5.41) is 19.4. The molecule has 1 aromatic rings. The van der Waals surface area contributed by atoms with Crippen LogP contribution in [0.4, 0.5) is 5.82 Å². The quantitative estimate of drug-likeness (QED) is 0.838. The molecule has 98 valence electrons. The van der Waals surface area contributed by atoms with E-state index in [1.54, 1.807) is 6.07 Å². The molecule has 0 amide bonds. The molecule has 2 rings (SSSR count). The summed E-state index contributed by atoms with van der Waals surface area (Å²) < 4.78 is 0. The fourth-order valence-electron chi connectivity index (χ4n) is 2.42. The number of aromatic nitrogens is 2. The number of carboxylic acids is 1. The zero-order valence-corrected chi connectivity index (χ0v) is 10.4. The van der Waals surface area contributed by atoms with Crippen LogP contribution in [0.1, 0.15) is 49.0 Å². The van der Waals surface area contributed by atoms with Gasteiger partial charge in [0.25, 0.3) is 0 Å². The molecule has 5 heteroatoms. The summed E-state index contributed by atoms with van der Waals surface area (Å²) in [5.74, 6) is 0.435. The van der Waals surface area contributed by atoms with Gasteiger partial charge in [-0.05, 0) is 24.5 Å². The van der Waals surface area contributed by atoms with Crippen LogP contribution in [-0.2, 0) is 0 Å². The van der Waals surface area contributed by atoms with Gasteiger partial charge in [-0.15, -0.1) is 10.2 Å². The summed E-state index contributed by atoms with van der Waals surface area (Å²) in [7, 11) is 0. The Kier molecular flexibility index (Phi) is 4.50. The van der Waals surface area contributed by atoms with Crippen LogP contribution in [0.15, 0.2) is 12.1 Å². The predicted octanol–water partition coefficient (Wildman–Crippen LogP) is 2.56. The molecule has 0 radical (unpaired) electrons. The molecule has 0 bridgehead atoms. The predicted molar refractivity (Wildman–Crippen MR) is 68.7 cm³/mol. The molecule has 0 spiro atoms. The number of nitrogens with zero attached hydrogens (tertiary/aromatic N) is 2. The molecule has 5 nitrogen and oxygen atoms in total. The van der Waals surface area contributed by atoms with Crippen molar-refractivity contribution in [2.24, 2.45) is 5.92 Å².